The number of carbonyl (C=O) groups excluding carboxylic acids is 2. The van der Waals surface area contributed by atoms with Gasteiger partial charge in [-0.15, -0.1) is 0 Å². The van der Waals surface area contributed by atoms with E-state index in [0.29, 0.717) is 23.9 Å². The number of rotatable bonds is 49. The molecule has 0 heterocycles. The first-order valence-corrected chi connectivity index (χ1v) is 29.5. The Kier molecular flexibility index (Phi) is 47.3. The number of phosphoric acid groups is 1. The summed E-state index contributed by atoms with van der Waals surface area (Å²) in [5, 5.41) is 2.98. The Balaban J connectivity index is 5.53. The average molecular weight is 997 g/mol. The normalized spacial score (nSPS) is 14.6. The number of quaternary nitrogens is 1. The van der Waals surface area contributed by atoms with Crippen molar-refractivity contribution in [1.29, 1.82) is 0 Å². The maximum Gasteiger partial charge on any atom is 0.306 e. The summed E-state index contributed by atoms with van der Waals surface area (Å²) in [4.78, 5) is 39.8. The van der Waals surface area contributed by atoms with Gasteiger partial charge < -0.3 is 28.5 Å². The van der Waals surface area contributed by atoms with Gasteiger partial charge in [0, 0.05) is 12.8 Å². The SMILES string of the molecule is CC/C=C/C/C=C/C/C=C/CCCCCCC(=O)OC(/C=C/CCCCCCCCCCCCC)C(COP(=O)([O-])OCC[N+](C)(C)C)NC(=O)CCC/C=C\C/C=C\C/C=C\C/C=C\CCCCC. The van der Waals surface area contributed by atoms with Crippen LogP contribution in [0.4, 0.5) is 0 Å². The van der Waals surface area contributed by atoms with Gasteiger partial charge in [0.1, 0.15) is 19.3 Å². The predicted octanol–water partition coefficient (Wildman–Crippen LogP) is 16.2. The van der Waals surface area contributed by atoms with E-state index >= 15 is 0 Å². The quantitative estimate of drug-likeness (QED) is 0.0212. The van der Waals surface area contributed by atoms with Crippen LogP contribution in [0.15, 0.2) is 97.2 Å². The number of hydrogen-bond acceptors (Lipinski definition) is 7. The fraction of sp³-hybridized carbons (Fsp3) is 0.700. The van der Waals surface area contributed by atoms with Crippen LogP contribution in [0, 0.1) is 0 Å². The summed E-state index contributed by atoms with van der Waals surface area (Å²) in [6.45, 7) is 6.62. The van der Waals surface area contributed by atoms with Crippen LogP contribution in [0.1, 0.15) is 220 Å². The summed E-state index contributed by atoms with van der Waals surface area (Å²) >= 11 is 0. The highest BCUT2D eigenvalue weighted by Crippen LogP contribution is 2.38. The van der Waals surface area contributed by atoms with Crippen LogP contribution in [0.3, 0.4) is 0 Å². The van der Waals surface area contributed by atoms with E-state index in [0.717, 1.165) is 89.9 Å². The lowest BCUT2D eigenvalue weighted by atomic mass is 10.0. The molecule has 1 amide bonds. The van der Waals surface area contributed by atoms with Crippen molar-refractivity contribution in [2.45, 2.75) is 232 Å². The van der Waals surface area contributed by atoms with Gasteiger partial charge in [0.15, 0.2) is 0 Å². The molecule has 0 radical (unpaired) electrons. The third-order valence-corrected chi connectivity index (χ3v) is 12.7. The van der Waals surface area contributed by atoms with Gasteiger partial charge >= 0.3 is 5.97 Å². The average Bonchev–Trinajstić information content (AvgIpc) is 3.32. The number of nitrogens with zero attached hydrogens (tertiary/aromatic N) is 1. The molecule has 0 aliphatic carbocycles. The number of likely N-dealkylation sites (N-methyl/N-ethyl adjacent to an activating group) is 1. The molecule has 10 heteroatoms. The minimum absolute atomic E-state index is 0.0408. The van der Waals surface area contributed by atoms with Crippen molar-refractivity contribution < 1.29 is 37.3 Å². The Hall–Kier alpha value is -3.07. The standard InChI is InChI=1S/C60H105N2O7P/c1-7-10-13-16-19-22-25-28-30-31-32-34-37-40-43-46-49-52-59(63)61-57(56-68-70(65,66)67-55-54-62(4,5)6)58(51-48-45-42-39-36-33-27-24-21-18-15-12-9-3)69-60(64)53-50-47-44-41-38-35-29-26-23-20-17-14-11-8-2/h11,14,19-20,22-23,28-30,32,34-35,40,43,48,51,57-58H,7-10,12-13,15-18,21,24-27,31,33,36-39,41-42,44-47,49-50,52-56H2,1-6H3,(H-,61,63,65,66)/b14-11+,22-19-,23-20+,30-28-,34-32-,35-29+,43-40-,51-48+. The molecule has 3 unspecified atom stereocenters. The second-order valence-electron chi connectivity index (χ2n) is 19.7. The molecule has 0 aliphatic heterocycles. The first-order chi connectivity index (χ1) is 33.9. The van der Waals surface area contributed by atoms with Crippen LogP contribution < -0.4 is 10.2 Å². The number of phosphoric ester groups is 1. The summed E-state index contributed by atoms with van der Waals surface area (Å²) in [6.07, 6.45) is 65.2. The first kappa shape index (κ1) is 66.9. The van der Waals surface area contributed by atoms with Crippen molar-refractivity contribution in [3.05, 3.63) is 97.2 Å². The van der Waals surface area contributed by atoms with Gasteiger partial charge in [0.25, 0.3) is 7.82 Å². The van der Waals surface area contributed by atoms with Gasteiger partial charge in [0.2, 0.25) is 5.91 Å². The summed E-state index contributed by atoms with van der Waals surface area (Å²) in [7, 11) is 1.12. The zero-order chi connectivity index (χ0) is 51.5. The van der Waals surface area contributed by atoms with Gasteiger partial charge in [-0.2, -0.15) is 0 Å². The predicted molar refractivity (Wildman–Crippen MR) is 297 cm³/mol. The maximum atomic E-state index is 13.5. The molecule has 0 rings (SSSR count). The Morgan fingerprint density at radius 2 is 0.929 bits per heavy atom. The molecule has 402 valence electrons. The highest BCUT2D eigenvalue weighted by Gasteiger charge is 2.27. The van der Waals surface area contributed by atoms with Crippen molar-refractivity contribution in [2.24, 2.45) is 0 Å². The van der Waals surface area contributed by atoms with E-state index in [1.54, 1.807) is 6.08 Å². The molecule has 0 saturated carbocycles. The summed E-state index contributed by atoms with van der Waals surface area (Å²) < 4.78 is 30.1. The molecule has 0 aromatic carbocycles. The zero-order valence-electron chi connectivity index (χ0n) is 45.7. The molecule has 1 N–H and O–H groups in total. The Morgan fingerprint density at radius 3 is 1.43 bits per heavy atom. The van der Waals surface area contributed by atoms with E-state index in [4.69, 9.17) is 13.8 Å². The largest absolute Gasteiger partial charge is 0.756 e. The van der Waals surface area contributed by atoms with Gasteiger partial charge in [0.05, 0.1) is 33.8 Å². The fourth-order valence-electron chi connectivity index (χ4n) is 7.41. The van der Waals surface area contributed by atoms with E-state index in [-0.39, 0.29) is 31.3 Å². The van der Waals surface area contributed by atoms with E-state index in [2.05, 4.69) is 111 Å². The van der Waals surface area contributed by atoms with Crippen LogP contribution in [-0.2, 0) is 27.9 Å². The number of nitrogens with one attached hydrogen (secondary N) is 1. The number of allylic oxidation sites excluding steroid dienone is 15. The Labute approximate surface area is 430 Å². The lowest BCUT2D eigenvalue weighted by molar-refractivity contribution is -0.870. The number of ether oxygens (including phenoxy) is 1. The van der Waals surface area contributed by atoms with E-state index < -0.39 is 26.6 Å². The van der Waals surface area contributed by atoms with Crippen LogP contribution in [0.2, 0.25) is 0 Å². The molecular weight excluding hydrogens is 892 g/mol. The molecule has 0 saturated heterocycles. The van der Waals surface area contributed by atoms with E-state index in [1.807, 2.05) is 27.2 Å². The van der Waals surface area contributed by atoms with Crippen molar-refractivity contribution in [3.8, 4) is 0 Å². The van der Waals surface area contributed by atoms with Gasteiger partial charge in [-0.05, 0) is 102 Å². The van der Waals surface area contributed by atoms with Crippen molar-refractivity contribution in [2.75, 3.05) is 40.9 Å². The third-order valence-electron chi connectivity index (χ3n) is 11.7. The van der Waals surface area contributed by atoms with Crippen LogP contribution >= 0.6 is 7.82 Å². The zero-order valence-corrected chi connectivity index (χ0v) is 46.6. The smallest absolute Gasteiger partial charge is 0.306 e. The monoisotopic (exact) mass is 997 g/mol. The van der Waals surface area contributed by atoms with Crippen LogP contribution in [0.5, 0.6) is 0 Å². The lowest BCUT2D eigenvalue weighted by Gasteiger charge is -2.30. The Morgan fingerprint density at radius 1 is 0.514 bits per heavy atom. The summed E-state index contributed by atoms with van der Waals surface area (Å²) in [5.74, 6) is -0.640. The number of hydrogen-bond donors (Lipinski definition) is 1. The first-order valence-electron chi connectivity index (χ1n) is 28.0. The Bertz CT molecular complexity index is 1520. The van der Waals surface area contributed by atoms with Crippen molar-refractivity contribution >= 4 is 19.7 Å². The molecule has 0 spiro atoms. The second-order valence-corrected chi connectivity index (χ2v) is 21.1. The molecule has 0 fully saturated rings. The minimum atomic E-state index is -4.72. The molecular formula is C60H105N2O7P. The maximum absolute atomic E-state index is 13.5. The van der Waals surface area contributed by atoms with E-state index in [1.165, 1.54) is 83.5 Å². The lowest BCUT2D eigenvalue weighted by Crippen LogP contribution is -2.47. The van der Waals surface area contributed by atoms with Gasteiger partial charge in [-0.3, -0.25) is 14.2 Å². The molecule has 70 heavy (non-hydrogen) atoms. The van der Waals surface area contributed by atoms with Gasteiger partial charge in [-0.25, -0.2) is 0 Å². The number of esters is 1. The van der Waals surface area contributed by atoms with Crippen LogP contribution in [0.25, 0.3) is 0 Å². The van der Waals surface area contributed by atoms with Crippen LogP contribution in [-0.4, -0.2) is 69.4 Å². The van der Waals surface area contributed by atoms with Crippen molar-refractivity contribution in [1.82, 2.24) is 5.32 Å². The number of carbonyl (C=O) groups is 2. The van der Waals surface area contributed by atoms with Gasteiger partial charge in [-0.1, -0.05) is 202 Å². The second kappa shape index (κ2) is 49.5. The fourth-order valence-corrected chi connectivity index (χ4v) is 8.13. The highest BCUT2D eigenvalue weighted by molar-refractivity contribution is 7.45. The summed E-state index contributed by atoms with van der Waals surface area (Å²) in [5.41, 5.74) is 0. The number of amides is 1. The van der Waals surface area contributed by atoms with Crippen molar-refractivity contribution in [3.63, 3.8) is 0 Å². The topological polar surface area (TPSA) is 114 Å². The molecule has 0 bridgehead atoms. The molecule has 0 aromatic rings. The summed E-state index contributed by atoms with van der Waals surface area (Å²) in [6, 6.07) is -0.930. The minimum Gasteiger partial charge on any atom is -0.756 e. The number of unbranched alkanes of at least 4 members (excludes halogenated alkanes) is 19. The highest BCUT2D eigenvalue weighted by atomic mass is 31.2. The molecule has 3 atom stereocenters. The molecule has 0 aliphatic rings. The molecule has 9 nitrogen and oxygen atoms in total. The van der Waals surface area contributed by atoms with E-state index in [9.17, 15) is 19.0 Å². The molecule has 0 aromatic heterocycles. The third kappa shape index (κ3) is 49.9.